The van der Waals surface area contributed by atoms with Crippen LogP contribution in [0.2, 0.25) is 5.02 Å². The number of terminal acetylenes is 1. The highest BCUT2D eigenvalue weighted by Crippen LogP contribution is 2.34. The van der Waals surface area contributed by atoms with E-state index in [0.717, 1.165) is 11.3 Å². The van der Waals surface area contributed by atoms with Gasteiger partial charge in [0, 0.05) is 5.56 Å². The van der Waals surface area contributed by atoms with E-state index in [-0.39, 0.29) is 0 Å². The fourth-order valence-electron chi connectivity index (χ4n) is 2.32. The molecule has 0 aliphatic rings. The first kappa shape index (κ1) is 16.4. The summed E-state index contributed by atoms with van der Waals surface area (Å²) in [5.74, 6) is 4.46. The minimum absolute atomic E-state index is 0.496. The molecule has 2 aromatic carbocycles. The monoisotopic (exact) mass is 355 g/mol. The van der Waals surface area contributed by atoms with E-state index in [4.69, 9.17) is 22.8 Å². The zero-order valence-corrected chi connectivity index (χ0v) is 14.5. The highest BCUT2D eigenvalue weighted by molar-refractivity contribution is 7.99. The molecule has 3 rings (SSSR count). The Morgan fingerprint density at radius 1 is 1.17 bits per heavy atom. The Morgan fingerprint density at radius 2 is 1.92 bits per heavy atom. The predicted octanol–water partition coefficient (Wildman–Crippen LogP) is 4.32. The minimum atomic E-state index is 0.496. The maximum Gasteiger partial charge on any atom is 0.197 e. The second-order valence-electron chi connectivity index (χ2n) is 4.79. The van der Waals surface area contributed by atoms with Gasteiger partial charge in [0.2, 0.25) is 0 Å². The van der Waals surface area contributed by atoms with Crippen LogP contribution >= 0.6 is 23.4 Å². The van der Waals surface area contributed by atoms with Gasteiger partial charge in [0.05, 0.1) is 23.6 Å². The summed E-state index contributed by atoms with van der Waals surface area (Å²) in [5, 5.41) is 9.92. The van der Waals surface area contributed by atoms with Crippen LogP contribution in [0.15, 0.2) is 53.7 Å². The van der Waals surface area contributed by atoms with Gasteiger partial charge < -0.3 is 4.74 Å². The van der Waals surface area contributed by atoms with Crippen molar-refractivity contribution in [2.24, 2.45) is 0 Å². The number of ether oxygens (including phenoxy) is 1. The largest absolute Gasteiger partial charge is 0.495 e. The van der Waals surface area contributed by atoms with Gasteiger partial charge in [0.25, 0.3) is 0 Å². The van der Waals surface area contributed by atoms with Crippen LogP contribution in [-0.2, 0) is 0 Å². The summed E-state index contributed by atoms with van der Waals surface area (Å²) in [4.78, 5) is 0. The summed E-state index contributed by atoms with van der Waals surface area (Å²) in [6, 6.07) is 15.2. The molecule has 24 heavy (non-hydrogen) atoms. The Labute approximate surface area is 149 Å². The van der Waals surface area contributed by atoms with Crippen LogP contribution in [0, 0.1) is 12.3 Å². The van der Waals surface area contributed by atoms with Gasteiger partial charge in [-0.2, -0.15) is 0 Å². The Morgan fingerprint density at radius 3 is 2.67 bits per heavy atom. The molecule has 0 radical (unpaired) electrons. The first-order valence-electron chi connectivity index (χ1n) is 7.16. The molecule has 0 saturated heterocycles. The SMILES string of the molecule is C#CCSc1nnc(-c2ccccc2Cl)n1-c1ccccc1OC. The Balaban J connectivity index is 2.23. The van der Waals surface area contributed by atoms with Gasteiger partial charge in [-0.3, -0.25) is 4.57 Å². The molecule has 0 aliphatic carbocycles. The van der Waals surface area contributed by atoms with Crippen LogP contribution in [0.25, 0.3) is 17.1 Å². The molecule has 120 valence electrons. The average molecular weight is 356 g/mol. The highest BCUT2D eigenvalue weighted by atomic mass is 35.5. The number of nitrogens with zero attached hydrogens (tertiary/aromatic N) is 3. The van der Waals surface area contributed by atoms with Gasteiger partial charge in [-0.25, -0.2) is 0 Å². The molecule has 0 saturated carbocycles. The van der Waals surface area contributed by atoms with E-state index in [0.29, 0.717) is 27.5 Å². The number of para-hydroxylation sites is 2. The third-order valence-electron chi connectivity index (χ3n) is 3.36. The lowest BCUT2D eigenvalue weighted by Gasteiger charge is -2.14. The Kier molecular flexibility index (Phi) is 5.09. The van der Waals surface area contributed by atoms with E-state index >= 15 is 0 Å². The summed E-state index contributed by atoms with van der Waals surface area (Å²) in [6.07, 6.45) is 5.39. The summed E-state index contributed by atoms with van der Waals surface area (Å²) in [6.45, 7) is 0. The normalized spacial score (nSPS) is 10.4. The lowest BCUT2D eigenvalue weighted by Crippen LogP contribution is -2.02. The molecule has 0 amide bonds. The average Bonchev–Trinajstić information content (AvgIpc) is 3.03. The molecule has 6 heteroatoms. The molecular weight excluding hydrogens is 342 g/mol. The second-order valence-corrected chi connectivity index (χ2v) is 6.14. The van der Waals surface area contributed by atoms with Crippen molar-refractivity contribution < 1.29 is 4.74 Å². The van der Waals surface area contributed by atoms with Crippen molar-refractivity contribution in [3.63, 3.8) is 0 Å². The van der Waals surface area contributed by atoms with Gasteiger partial charge in [-0.05, 0) is 24.3 Å². The molecule has 0 bridgehead atoms. The first-order chi connectivity index (χ1) is 11.8. The smallest absolute Gasteiger partial charge is 0.197 e. The molecular formula is C18H14ClN3OS. The van der Waals surface area contributed by atoms with Crippen molar-refractivity contribution in [3.8, 4) is 35.2 Å². The van der Waals surface area contributed by atoms with Gasteiger partial charge in [-0.1, -0.05) is 53.5 Å². The van der Waals surface area contributed by atoms with Crippen LogP contribution in [0.3, 0.4) is 0 Å². The highest BCUT2D eigenvalue weighted by Gasteiger charge is 2.19. The Bertz CT molecular complexity index is 901. The fourth-order valence-corrected chi connectivity index (χ4v) is 3.16. The lowest BCUT2D eigenvalue weighted by atomic mass is 10.2. The maximum atomic E-state index is 6.35. The zero-order chi connectivity index (χ0) is 16.9. The van der Waals surface area contributed by atoms with Crippen molar-refractivity contribution >= 4 is 23.4 Å². The fraction of sp³-hybridized carbons (Fsp3) is 0.111. The molecule has 1 heterocycles. The van der Waals surface area contributed by atoms with E-state index in [9.17, 15) is 0 Å². The van der Waals surface area contributed by atoms with Crippen LogP contribution in [0.1, 0.15) is 0 Å². The maximum absolute atomic E-state index is 6.35. The van der Waals surface area contributed by atoms with Crippen molar-refractivity contribution in [2.45, 2.75) is 5.16 Å². The third-order valence-corrected chi connectivity index (χ3v) is 4.52. The molecule has 0 N–H and O–H groups in total. The van der Waals surface area contributed by atoms with Crippen LogP contribution < -0.4 is 4.74 Å². The van der Waals surface area contributed by atoms with E-state index in [1.807, 2.05) is 53.1 Å². The molecule has 4 nitrogen and oxygen atoms in total. The van der Waals surface area contributed by atoms with E-state index in [1.54, 1.807) is 7.11 Å². The minimum Gasteiger partial charge on any atom is -0.495 e. The van der Waals surface area contributed by atoms with Crippen LogP contribution in [0.5, 0.6) is 5.75 Å². The summed E-state index contributed by atoms with van der Waals surface area (Å²) in [7, 11) is 1.63. The summed E-state index contributed by atoms with van der Waals surface area (Å²) >= 11 is 7.79. The van der Waals surface area contributed by atoms with Gasteiger partial charge in [0.1, 0.15) is 5.75 Å². The van der Waals surface area contributed by atoms with Crippen molar-refractivity contribution in [2.75, 3.05) is 12.9 Å². The first-order valence-corrected chi connectivity index (χ1v) is 8.52. The molecule has 0 unspecified atom stereocenters. The second kappa shape index (κ2) is 7.43. The quantitative estimate of drug-likeness (QED) is 0.504. The van der Waals surface area contributed by atoms with Crippen molar-refractivity contribution in [1.82, 2.24) is 14.8 Å². The number of hydrogen-bond acceptors (Lipinski definition) is 4. The summed E-state index contributed by atoms with van der Waals surface area (Å²) < 4.78 is 7.41. The number of halogens is 1. The molecule has 3 aromatic rings. The molecule has 0 aliphatic heterocycles. The number of rotatable bonds is 5. The summed E-state index contributed by atoms with van der Waals surface area (Å²) in [5.41, 5.74) is 1.63. The third kappa shape index (κ3) is 3.12. The standard InChI is InChI=1S/C18H14ClN3OS/c1-3-12-24-18-21-20-17(13-8-4-5-9-14(13)19)22(18)15-10-6-7-11-16(15)23-2/h1,4-11H,12H2,2H3. The topological polar surface area (TPSA) is 39.9 Å². The molecule has 0 atom stereocenters. The zero-order valence-electron chi connectivity index (χ0n) is 12.9. The van der Waals surface area contributed by atoms with Gasteiger partial charge >= 0.3 is 0 Å². The van der Waals surface area contributed by atoms with Crippen molar-refractivity contribution in [3.05, 3.63) is 53.6 Å². The Hall–Kier alpha value is -2.42. The number of benzene rings is 2. The van der Waals surface area contributed by atoms with Crippen LogP contribution in [-0.4, -0.2) is 27.6 Å². The molecule has 0 spiro atoms. The van der Waals surface area contributed by atoms with Crippen LogP contribution in [0.4, 0.5) is 0 Å². The number of thioether (sulfide) groups is 1. The van der Waals surface area contributed by atoms with Gasteiger partial charge in [0.15, 0.2) is 11.0 Å². The van der Waals surface area contributed by atoms with E-state index in [1.165, 1.54) is 11.8 Å². The number of methoxy groups -OCH3 is 1. The van der Waals surface area contributed by atoms with E-state index < -0.39 is 0 Å². The number of aromatic nitrogens is 3. The van der Waals surface area contributed by atoms with Gasteiger partial charge in [-0.15, -0.1) is 16.6 Å². The molecule has 0 fully saturated rings. The predicted molar refractivity (Wildman–Crippen MR) is 97.9 cm³/mol. The number of hydrogen-bond donors (Lipinski definition) is 0. The molecule has 1 aromatic heterocycles. The van der Waals surface area contributed by atoms with E-state index in [2.05, 4.69) is 16.1 Å². The lowest BCUT2D eigenvalue weighted by molar-refractivity contribution is 0.412. The van der Waals surface area contributed by atoms with Crippen molar-refractivity contribution in [1.29, 1.82) is 0 Å².